The average Bonchev–Trinajstić information content (AvgIpc) is 2.55. The van der Waals surface area contributed by atoms with Crippen molar-refractivity contribution in [1.82, 2.24) is 0 Å². The predicted octanol–water partition coefficient (Wildman–Crippen LogP) is 3.55. The molecule has 128 valence electrons. The normalized spacial score (nSPS) is 14.1. The summed E-state index contributed by atoms with van der Waals surface area (Å²) in [5.74, 6) is -1.25. The van der Waals surface area contributed by atoms with Gasteiger partial charge in [-0.1, -0.05) is 24.3 Å². The molecule has 0 heterocycles. The van der Waals surface area contributed by atoms with Crippen LogP contribution in [-0.2, 0) is 14.9 Å². The lowest BCUT2D eigenvalue weighted by atomic mass is 9.72. The van der Waals surface area contributed by atoms with Crippen LogP contribution in [0.4, 0.5) is 8.78 Å². The van der Waals surface area contributed by atoms with Crippen molar-refractivity contribution in [3.05, 3.63) is 71.3 Å². The van der Waals surface area contributed by atoms with E-state index >= 15 is 0 Å². The molecule has 3 nitrogen and oxygen atoms in total. The third kappa shape index (κ3) is 3.62. The fourth-order valence-electron chi connectivity index (χ4n) is 2.63. The molecule has 0 aliphatic rings. The van der Waals surface area contributed by atoms with E-state index in [4.69, 9.17) is 10.5 Å². The molecule has 0 aliphatic carbocycles. The second-order valence-corrected chi connectivity index (χ2v) is 6.08. The van der Waals surface area contributed by atoms with E-state index < -0.39 is 23.5 Å². The highest BCUT2D eigenvalue weighted by molar-refractivity contribution is 5.75. The van der Waals surface area contributed by atoms with Gasteiger partial charge in [0.25, 0.3) is 0 Å². The molecule has 0 radical (unpaired) electrons. The molecule has 0 amide bonds. The molecule has 0 saturated heterocycles. The van der Waals surface area contributed by atoms with Gasteiger partial charge in [-0.2, -0.15) is 0 Å². The first-order valence-electron chi connectivity index (χ1n) is 7.73. The first-order valence-corrected chi connectivity index (χ1v) is 7.73. The fourth-order valence-corrected chi connectivity index (χ4v) is 2.63. The van der Waals surface area contributed by atoms with Crippen molar-refractivity contribution in [2.75, 3.05) is 0 Å². The maximum absolute atomic E-state index is 13.3. The number of carbonyl (C=O) groups is 1. The van der Waals surface area contributed by atoms with Crippen molar-refractivity contribution in [3.8, 4) is 0 Å². The number of hydrogen-bond acceptors (Lipinski definition) is 3. The van der Waals surface area contributed by atoms with Crippen LogP contribution in [0.1, 0.15) is 31.9 Å². The largest absolute Gasteiger partial charge is 0.460 e. The van der Waals surface area contributed by atoms with Gasteiger partial charge in [-0.3, -0.25) is 4.79 Å². The number of esters is 1. The van der Waals surface area contributed by atoms with Gasteiger partial charge in [-0.25, -0.2) is 8.78 Å². The van der Waals surface area contributed by atoms with Crippen LogP contribution in [-0.4, -0.2) is 18.1 Å². The number of carbonyl (C=O) groups excluding carboxylic acids is 1. The third-order valence-corrected chi connectivity index (χ3v) is 4.37. The Hall–Kier alpha value is -2.27. The Balaban J connectivity index is 2.49. The van der Waals surface area contributed by atoms with E-state index in [1.807, 2.05) is 6.92 Å². The van der Waals surface area contributed by atoms with Gasteiger partial charge in [0, 0.05) is 0 Å². The van der Waals surface area contributed by atoms with Crippen LogP contribution in [0.15, 0.2) is 48.5 Å². The first-order chi connectivity index (χ1) is 11.2. The molecule has 0 fully saturated rings. The summed E-state index contributed by atoms with van der Waals surface area (Å²) in [5.41, 5.74) is 6.29. The highest BCUT2D eigenvalue weighted by Crippen LogP contribution is 2.37. The molecule has 2 rings (SSSR count). The second kappa shape index (κ2) is 7.09. The van der Waals surface area contributed by atoms with E-state index in [2.05, 4.69) is 0 Å². The van der Waals surface area contributed by atoms with Gasteiger partial charge < -0.3 is 10.5 Å². The Morgan fingerprint density at radius 3 is 1.67 bits per heavy atom. The Labute approximate surface area is 140 Å². The lowest BCUT2D eigenvalue weighted by molar-refractivity contribution is -0.151. The second-order valence-electron chi connectivity index (χ2n) is 6.08. The summed E-state index contributed by atoms with van der Waals surface area (Å²) in [5, 5.41) is 0. The summed E-state index contributed by atoms with van der Waals surface area (Å²) in [4.78, 5) is 11.9. The van der Waals surface area contributed by atoms with Crippen molar-refractivity contribution in [1.29, 1.82) is 0 Å². The van der Waals surface area contributed by atoms with E-state index in [0.29, 0.717) is 0 Å². The molecule has 2 atom stereocenters. The van der Waals surface area contributed by atoms with Gasteiger partial charge in [0.05, 0.1) is 5.41 Å². The lowest BCUT2D eigenvalue weighted by Crippen LogP contribution is -2.42. The molecule has 0 aromatic heterocycles. The maximum atomic E-state index is 13.3. The first kappa shape index (κ1) is 18.1. The summed E-state index contributed by atoms with van der Waals surface area (Å²) in [6, 6.07) is 11.2. The molecule has 24 heavy (non-hydrogen) atoms. The van der Waals surface area contributed by atoms with Crippen LogP contribution in [0, 0.1) is 11.6 Å². The lowest BCUT2D eigenvalue weighted by Gasteiger charge is -2.36. The van der Waals surface area contributed by atoms with E-state index in [1.165, 1.54) is 24.3 Å². The SMILES string of the molecule is C[C@H](N)C(=O)O[C@@H](C)C(C)(c1ccc(F)cc1)c1ccc(F)cc1. The summed E-state index contributed by atoms with van der Waals surface area (Å²) in [7, 11) is 0. The van der Waals surface area contributed by atoms with Crippen molar-refractivity contribution in [3.63, 3.8) is 0 Å². The van der Waals surface area contributed by atoms with Crippen LogP contribution in [0.25, 0.3) is 0 Å². The van der Waals surface area contributed by atoms with Crippen LogP contribution in [0.2, 0.25) is 0 Å². The molecule has 2 N–H and O–H groups in total. The Morgan fingerprint density at radius 2 is 1.33 bits per heavy atom. The Bertz CT molecular complexity index is 651. The standard InChI is InChI=1S/C19H21F2NO2/c1-12(22)18(23)24-13(2)19(3,14-4-8-16(20)9-5-14)15-6-10-17(21)11-7-15/h4-13H,22H2,1-3H3/t12-,13-/m0/s1. The average molecular weight is 333 g/mol. The van der Waals surface area contributed by atoms with Crippen molar-refractivity contribution >= 4 is 5.97 Å². The molecule has 0 bridgehead atoms. The minimum Gasteiger partial charge on any atom is -0.460 e. The summed E-state index contributed by atoms with van der Waals surface area (Å²) in [6.45, 7) is 5.15. The highest BCUT2D eigenvalue weighted by atomic mass is 19.1. The molecule has 0 aliphatic heterocycles. The quantitative estimate of drug-likeness (QED) is 0.852. The Kier molecular flexibility index (Phi) is 5.34. The summed E-state index contributed by atoms with van der Waals surface area (Å²) < 4.78 is 32.1. The van der Waals surface area contributed by atoms with E-state index in [-0.39, 0.29) is 11.6 Å². The zero-order chi connectivity index (χ0) is 17.9. The molecule has 2 aromatic carbocycles. The monoisotopic (exact) mass is 333 g/mol. The van der Waals surface area contributed by atoms with Crippen molar-refractivity contribution in [2.24, 2.45) is 5.73 Å². The van der Waals surface area contributed by atoms with Gasteiger partial charge in [0.1, 0.15) is 23.8 Å². The molecular formula is C19H21F2NO2. The van der Waals surface area contributed by atoms with E-state index in [9.17, 15) is 13.6 Å². The van der Waals surface area contributed by atoms with Crippen LogP contribution >= 0.6 is 0 Å². The zero-order valence-electron chi connectivity index (χ0n) is 13.9. The maximum Gasteiger partial charge on any atom is 0.322 e. The number of ether oxygens (including phenoxy) is 1. The molecular weight excluding hydrogens is 312 g/mol. The Morgan fingerprint density at radius 1 is 0.958 bits per heavy atom. The number of halogens is 2. The number of nitrogens with two attached hydrogens (primary N) is 1. The number of hydrogen-bond donors (Lipinski definition) is 1. The molecule has 0 spiro atoms. The minimum atomic E-state index is -0.786. The van der Waals surface area contributed by atoms with E-state index in [1.54, 1.807) is 38.1 Å². The molecule has 5 heteroatoms. The zero-order valence-corrected chi connectivity index (χ0v) is 13.9. The molecule has 0 saturated carbocycles. The van der Waals surface area contributed by atoms with Gasteiger partial charge in [-0.05, 0) is 56.2 Å². The minimum absolute atomic E-state index is 0.361. The van der Waals surface area contributed by atoms with Gasteiger partial charge in [0.2, 0.25) is 0 Å². The summed E-state index contributed by atoms with van der Waals surface area (Å²) >= 11 is 0. The van der Waals surface area contributed by atoms with Crippen LogP contribution < -0.4 is 5.73 Å². The van der Waals surface area contributed by atoms with Gasteiger partial charge in [0.15, 0.2) is 0 Å². The van der Waals surface area contributed by atoms with E-state index in [0.717, 1.165) is 11.1 Å². The fraction of sp³-hybridized carbons (Fsp3) is 0.316. The summed E-state index contributed by atoms with van der Waals surface area (Å²) in [6.07, 6.45) is -0.591. The highest BCUT2D eigenvalue weighted by Gasteiger charge is 2.38. The van der Waals surface area contributed by atoms with Crippen molar-refractivity contribution < 1.29 is 18.3 Å². The third-order valence-electron chi connectivity index (χ3n) is 4.37. The number of benzene rings is 2. The molecule has 2 aromatic rings. The smallest absolute Gasteiger partial charge is 0.322 e. The van der Waals surface area contributed by atoms with Crippen molar-refractivity contribution in [2.45, 2.75) is 38.3 Å². The predicted molar refractivity (Wildman–Crippen MR) is 88.5 cm³/mol. The molecule has 0 unspecified atom stereocenters. The van der Waals surface area contributed by atoms with Crippen LogP contribution in [0.3, 0.4) is 0 Å². The van der Waals surface area contributed by atoms with Gasteiger partial charge in [-0.15, -0.1) is 0 Å². The topological polar surface area (TPSA) is 52.3 Å². The van der Waals surface area contributed by atoms with Crippen LogP contribution in [0.5, 0.6) is 0 Å². The van der Waals surface area contributed by atoms with Gasteiger partial charge >= 0.3 is 5.97 Å². The number of rotatable bonds is 5.